The molecule has 1 fully saturated rings. The first kappa shape index (κ1) is 21.6. The van der Waals surface area contributed by atoms with Crippen LogP contribution >= 0.6 is 0 Å². The standard InChI is InChI=1S/C19H30N6O4/c26-12-16-18(28)19(29)17(27)11-24(16)10-4-2-1-3-9-20-14-5-7-15(8-6-14)25-22-13-21-23-25/h5-8,13,16-20,26-29H,1-4,9-12H2. The maximum Gasteiger partial charge on any atom is 0.162 e. The molecule has 0 radical (unpaired) electrons. The summed E-state index contributed by atoms with van der Waals surface area (Å²) >= 11 is 0. The van der Waals surface area contributed by atoms with Crippen molar-refractivity contribution in [1.29, 1.82) is 0 Å². The number of β-amino-alcohol motifs (C(OH)–C–C–N with tert-alkyl or cyclic N) is 1. The van der Waals surface area contributed by atoms with Crippen molar-refractivity contribution < 1.29 is 20.4 Å². The zero-order valence-corrected chi connectivity index (χ0v) is 16.4. The van der Waals surface area contributed by atoms with Crippen LogP contribution in [0, 0.1) is 0 Å². The minimum absolute atomic E-state index is 0.235. The smallest absolute Gasteiger partial charge is 0.162 e. The van der Waals surface area contributed by atoms with Gasteiger partial charge in [0.1, 0.15) is 12.2 Å². The van der Waals surface area contributed by atoms with E-state index in [1.165, 1.54) is 11.1 Å². The number of nitrogens with one attached hydrogen (secondary N) is 1. The third kappa shape index (κ3) is 5.71. The maximum absolute atomic E-state index is 10.00. The average Bonchev–Trinajstić information content (AvgIpc) is 3.27. The van der Waals surface area contributed by atoms with E-state index in [1.54, 1.807) is 0 Å². The second-order valence-electron chi connectivity index (χ2n) is 7.41. The van der Waals surface area contributed by atoms with Gasteiger partial charge in [0.15, 0.2) is 6.33 Å². The van der Waals surface area contributed by atoms with E-state index < -0.39 is 24.4 Å². The average molecular weight is 406 g/mol. The largest absolute Gasteiger partial charge is 0.395 e. The molecule has 1 aromatic heterocycles. The van der Waals surface area contributed by atoms with Crippen LogP contribution < -0.4 is 5.32 Å². The van der Waals surface area contributed by atoms with Gasteiger partial charge in [-0.05, 0) is 48.9 Å². The van der Waals surface area contributed by atoms with E-state index in [2.05, 4.69) is 20.7 Å². The Kier molecular flexibility index (Phi) is 7.90. The minimum atomic E-state index is -1.20. The molecule has 3 rings (SSSR count). The molecule has 5 N–H and O–H groups in total. The number of anilines is 1. The lowest BCUT2D eigenvalue weighted by molar-refractivity contribution is -0.145. The Morgan fingerprint density at radius 1 is 1.00 bits per heavy atom. The summed E-state index contributed by atoms with van der Waals surface area (Å²) in [6.45, 7) is 1.58. The van der Waals surface area contributed by atoms with Crippen molar-refractivity contribution in [2.45, 2.75) is 50.0 Å². The number of hydrogen-bond donors (Lipinski definition) is 5. The van der Waals surface area contributed by atoms with E-state index in [0.29, 0.717) is 6.54 Å². The zero-order chi connectivity index (χ0) is 20.6. The van der Waals surface area contributed by atoms with Gasteiger partial charge in [-0.1, -0.05) is 12.8 Å². The molecule has 10 nitrogen and oxygen atoms in total. The maximum atomic E-state index is 10.00. The number of hydrogen-bond acceptors (Lipinski definition) is 9. The summed E-state index contributed by atoms with van der Waals surface area (Å²) in [5.74, 6) is 0. The predicted molar refractivity (Wildman–Crippen MR) is 107 cm³/mol. The van der Waals surface area contributed by atoms with Gasteiger partial charge < -0.3 is 25.7 Å². The molecule has 10 heteroatoms. The van der Waals surface area contributed by atoms with Gasteiger partial charge in [-0.15, -0.1) is 15.0 Å². The molecule has 1 aromatic carbocycles. The van der Waals surface area contributed by atoms with Gasteiger partial charge in [0, 0.05) is 18.8 Å². The zero-order valence-electron chi connectivity index (χ0n) is 16.4. The molecule has 1 saturated heterocycles. The molecule has 0 aliphatic carbocycles. The molecule has 2 heterocycles. The van der Waals surface area contributed by atoms with Crippen LogP contribution in [0.5, 0.6) is 0 Å². The number of piperidine rings is 1. The van der Waals surface area contributed by atoms with Gasteiger partial charge in [-0.2, -0.15) is 0 Å². The number of aromatic nitrogens is 4. The molecule has 0 bridgehead atoms. The Bertz CT molecular complexity index is 714. The monoisotopic (exact) mass is 406 g/mol. The topological polar surface area (TPSA) is 140 Å². The Balaban J connectivity index is 1.30. The van der Waals surface area contributed by atoms with Crippen LogP contribution in [-0.2, 0) is 0 Å². The Morgan fingerprint density at radius 3 is 2.45 bits per heavy atom. The highest BCUT2D eigenvalue weighted by atomic mass is 16.4. The van der Waals surface area contributed by atoms with Crippen molar-refractivity contribution >= 4 is 5.69 Å². The number of tetrazole rings is 1. The van der Waals surface area contributed by atoms with Crippen LogP contribution in [0.2, 0.25) is 0 Å². The summed E-state index contributed by atoms with van der Waals surface area (Å²) in [4.78, 5) is 3.33. The molecule has 0 saturated carbocycles. The van der Waals surface area contributed by atoms with Gasteiger partial charge in [0.25, 0.3) is 0 Å². The van der Waals surface area contributed by atoms with Gasteiger partial charge in [-0.3, -0.25) is 4.90 Å². The van der Waals surface area contributed by atoms with Crippen LogP contribution in [0.1, 0.15) is 25.7 Å². The van der Waals surface area contributed by atoms with Crippen LogP contribution in [0.4, 0.5) is 5.69 Å². The van der Waals surface area contributed by atoms with Gasteiger partial charge in [0.05, 0.1) is 24.4 Å². The lowest BCUT2D eigenvalue weighted by Gasteiger charge is -2.43. The van der Waals surface area contributed by atoms with Crippen LogP contribution in [0.25, 0.3) is 5.69 Å². The van der Waals surface area contributed by atoms with E-state index in [4.69, 9.17) is 0 Å². The molecule has 4 unspecified atom stereocenters. The van der Waals surface area contributed by atoms with Gasteiger partial charge in [-0.25, -0.2) is 0 Å². The Morgan fingerprint density at radius 2 is 1.76 bits per heavy atom. The molecule has 4 atom stereocenters. The van der Waals surface area contributed by atoms with Gasteiger partial charge in [0.2, 0.25) is 0 Å². The van der Waals surface area contributed by atoms with Crippen LogP contribution in [0.15, 0.2) is 30.6 Å². The first-order chi connectivity index (χ1) is 14.1. The fraction of sp³-hybridized carbons (Fsp3) is 0.632. The van der Waals surface area contributed by atoms with Gasteiger partial charge >= 0.3 is 0 Å². The molecule has 160 valence electrons. The fourth-order valence-corrected chi connectivity index (χ4v) is 3.66. The number of benzene rings is 1. The summed E-state index contributed by atoms with van der Waals surface area (Å²) in [7, 11) is 0. The van der Waals surface area contributed by atoms with E-state index in [9.17, 15) is 20.4 Å². The molecular weight excluding hydrogens is 376 g/mol. The normalized spacial score (nSPS) is 25.2. The number of nitrogens with zero attached hydrogens (tertiary/aromatic N) is 5. The van der Waals surface area contributed by atoms with Crippen molar-refractivity contribution in [3.05, 3.63) is 30.6 Å². The van der Waals surface area contributed by atoms with E-state index in [1.807, 2.05) is 29.2 Å². The predicted octanol–water partition coefficient (Wildman–Crippen LogP) is -0.606. The number of unbranched alkanes of at least 4 members (excludes halogenated alkanes) is 3. The number of likely N-dealkylation sites (tertiary alicyclic amines) is 1. The lowest BCUT2D eigenvalue weighted by Crippen LogP contribution is -2.62. The number of aliphatic hydroxyl groups is 4. The van der Waals surface area contributed by atoms with Crippen molar-refractivity contribution in [2.75, 3.05) is 31.6 Å². The third-order valence-electron chi connectivity index (χ3n) is 5.36. The molecule has 2 aromatic rings. The summed E-state index contributed by atoms with van der Waals surface area (Å²) in [6, 6.07) is 7.30. The first-order valence-corrected chi connectivity index (χ1v) is 10.1. The SMILES string of the molecule is OCC1C(O)C(O)C(O)CN1CCCCCCNc1ccc(-n2ncnn2)cc1. The van der Waals surface area contributed by atoms with Crippen molar-refractivity contribution in [3.8, 4) is 5.69 Å². The molecule has 0 spiro atoms. The van der Waals surface area contributed by atoms with E-state index in [0.717, 1.165) is 43.6 Å². The quantitative estimate of drug-likeness (QED) is 0.327. The highest BCUT2D eigenvalue weighted by Gasteiger charge is 2.40. The van der Waals surface area contributed by atoms with Crippen molar-refractivity contribution in [2.24, 2.45) is 0 Å². The van der Waals surface area contributed by atoms with Crippen molar-refractivity contribution in [1.82, 2.24) is 25.1 Å². The highest BCUT2D eigenvalue weighted by molar-refractivity contribution is 5.47. The summed E-state index contributed by atoms with van der Waals surface area (Å²) in [5, 5.41) is 54.0. The fourth-order valence-electron chi connectivity index (χ4n) is 3.66. The first-order valence-electron chi connectivity index (χ1n) is 10.1. The number of aliphatic hydroxyl groups excluding tert-OH is 4. The van der Waals surface area contributed by atoms with Crippen LogP contribution in [-0.4, -0.2) is 96.1 Å². The molecule has 1 aliphatic heterocycles. The van der Waals surface area contributed by atoms with Crippen LogP contribution in [0.3, 0.4) is 0 Å². The third-order valence-corrected chi connectivity index (χ3v) is 5.36. The molecule has 1 aliphatic rings. The summed E-state index contributed by atoms with van der Waals surface area (Å²) < 4.78 is 0. The summed E-state index contributed by atoms with van der Waals surface area (Å²) in [6.07, 6.45) is 2.10. The minimum Gasteiger partial charge on any atom is -0.395 e. The molecule has 29 heavy (non-hydrogen) atoms. The highest BCUT2D eigenvalue weighted by Crippen LogP contribution is 2.19. The second kappa shape index (κ2) is 10.6. The second-order valence-corrected chi connectivity index (χ2v) is 7.41. The number of rotatable bonds is 10. The summed E-state index contributed by atoms with van der Waals surface area (Å²) in [5.41, 5.74) is 1.89. The molecule has 0 amide bonds. The lowest BCUT2D eigenvalue weighted by atomic mass is 9.94. The Hall–Kier alpha value is -2.11. The molecular formula is C19H30N6O4. The van der Waals surface area contributed by atoms with E-state index >= 15 is 0 Å². The Labute approximate surface area is 169 Å². The van der Waals surface area contributed by atoms with Crippen molar-refractivity contribution in [3.63, 3.8) is 0 Å². The van der Waals surface area contributed by atoms with E-state index in [-0.39, 0.29) is 13.2 Å².